The van der Waals surface area contributed by atoms with E-state index < -0.39 is 0 Å². The zero-order chi connectivity index (χ0) is 13.0. The lowest BCUT2D eigenvalue weighted by Crippen LogP contribution is -2.39. The highest BCUT2D eigenvalue weighted by Crippen LogP contribution is 2.20. The fourth-order valence-electron chi connectivity index (χ4n) is 2.28. The Balaban J connectivity index is 2.19. The molecule has 1 aliphatic heterocycles. The Bertz CT molecular complexity index is 420. The molecule has 2 rings (SSSR count). The number of carbonyl (C=O) groups is 1. The maximum Gasteiger partial charge on any atom is 0.257 e. The van der Waals surface area contributed by atoms with Crippen LogP contribution in [0.25, 0.3) is 0 Å². The highest BCUT2D eigenvalue weighted by atomic mass is 16.5. The second kappa shape index (κ2) is 5.87. The van der Waals surface area contributed by atoms with Crippen LogP contribution < -0.4 is 10.1 Å². The summed E-state index contributed by atoms with van der Waals surface area (Å²) < 4.78 is 5.25. The van der Waals surface area contributed by atoms with Crippen LogP contribution in [-0.4, -0.2) is 43.6 Å². The van der Waals surface area contributed by atoms with Gasteiger partial charge in [-0.2, -0.15) is 0 Å². The molecule has 1 amide bonds. The molecule has 0 aliphatic carbocycles. The minimum absolute atomic E-state index is 0.0583. The number of nitrogens with one attached hydrogen (secondary N) is 1. The van der Waals surface area contributed by atoms with E-state index in [1.165, 1.54) is 0 Å². The van der Waals surface area contributed by atoms with Crippen molar-refractivity contribution in [1.29, 1.82) is 0 Å². The number of methoxy groups -OCH3 is 1. The summed E-state index contributed by atoms with van der Waals surface area (Å²) in [4.78, 5) is 14.4. The Morgan fingerprint density at radius 1 is 1.44 bits per heavy atom. The lowest BCUT2D eigenvalue weighted by molar-refractivity contribution is 0.0752. The molecule has 0 spiro atoms. The minimum atomic E-state index is 0.0583. The lowest BCUT2D eigenvalue weighted by atomic mass is 10.1. The average Bonchev–Trinajstić information content (AvgIpc) is 2.62. The molecule has 1 aromatic carbocycles. The molecule has 0 radical (unpaired) electrons. The van der Waals surface area contributed by atoms with Crippen LogP contribution in [0.4, 0.5) is 0 Å². The molecule has 1 atom stereocenters. The Hall–Kier alpha value is -1.55. The third kappa shape index (κ3) is 2.82. The van der Waals surface area contributed by atoms with Gasteiger partial charge in [0.15, 0.2) is 0 Å². The Labute approximate surface area is 108 Å². The van der Waals surface area contributed by atoms with Crippen molar-refractivity contribution in [3.8, 4) is 5.75 Å². The van der Waals surface area contributed by atoms with Gasteiger partial charge in [-0.1, -0.05) is 12.1 Å². The zero-order valence-corrected chi connectivity index (χ0v) is 11.0. The summed E-state index contributed by atoms with van der Waals surface area (Å²) >= 11 is 0. The van der Waals surface area contributed by atoms with Crippen LogP contribution in [0, 0.1) is 0 Å². The van der Waals surface area contributed by atoms with E-state index >= 15 is 0 Å². The summed E-state index contributed by atoms with van der Waals surface area (Å²) in [6.07, 6.45) is 0.991. The van der Waals surface area contributed by atoms with E-state index in [1.807, 2.05) is 29.2 Å². The smallest absolute Gasteiger partial charge is 0.257 e. The number of hydrogen-bond acceptors (Lipinski definition) is 3. The molecule has 0 aromatic heterocycles. The lowest BCUT2D eigenvalue weighted by Gasteiger charge is -2.23. The van der Waals surface area contributed by atoms with Gasteiger partial charge in [-0.15, -0.1) is 0 Å². The predicted octanol–water partition coefficient (Wildman–Crippen LogP) is 1.52. The standard InChI is InChI=1S/C14H20N2O2/c1-11-10-16(9-5-8-15-11)14(17)12-6-3-4-7-13(12)18-2/h3-4,6-7,11,15H,5,8-10H2,1-2H3. The molecule has 1 unspecified atom stereocenters. The fraction of sp³-hybridized carbons (Fsp3) is 0.500. The molecular weight excluding hydrogens is 228 g/mol. The maximum atomic E-state index is 12.5. The summed E-state index contributed by atoms with van der Waals surface area (Å²) in [5, 5.41) is 3.38. The molecule has 18 heavy (non-hydrogen) atoms. The number of ether oxygens (including phenoxy) is 1. The van der Waals surface area contributed by atoms with Gasteiger partial charge in [0.1, 0.15) is 5.75 Å². The van der Waals surface area contributed by atoms with Gasteiger partial charge in [-0.3, -0.25) is 4.79 Å². The first-order valence-electron chi connectivity index (χ1n) is 6.38. The summed E-state index contributed by atoms with van der Waals surface area (Å²) in [5.74, 6) is 0.704. The van der Waals surface area contributed by atoms with E-state index in [2.05, 4.69) is 12.2 Å². The van der Waals surface area contributed by atoms with Crippen molar-refractivity contribution in [2.24, 2.45) is 0 Å². The molecule has 1 saturated heterocycles. The molecule has 4 heteroatoms. The number of amides is 1. The first-order chi connectivity index (χ1) is 8.72. The first-order valence-corrected chi connectivity index (χ1v) is 6.38. The van der Waals surface area contributed by atoms with E-state index in [1.54, 1.807) is 7.11 Å². The normalized spacial score (nSPS) is 20.3. The number of carbonyl (C=O) groups excluding carboxylic acids is 1. The number of hydrogen-bond donors (Lipinski definition) is 1. The fourth-order valence-corrected chi connectivity index (χ4v) is 2.28. The van der Waals surface area contributed by atoms with Crippen molar-refractivity contribution in [3.63, 3.8) is 0 Å². The topological polar surface area (TPSA) is 41.6 Å². The van der Waals surface area contributed by atoms with Crippen molar-refractivity contribution < 1.29 is 9.53 Å². The molecule has 1 fully saturated rings. The van der Waals surface area contributed by atoms with Crippen molar-refractivity contribution in [2.75, 3.05) is 26.7 Å². The molecule has 1 aliphatic rings. The van der Waals surface area contributed by atoms with Gasteiger partial charge in [-0.25, -0.2) is 0 Å². The first kappa shape index (κ1) is 12.9. The molecule has 0 saturated carbocycles. The summed E-state index contributed by atoms with van der Waals surface area (Å²) in [6, 6.07) is 7.74. The summed E-state index contributed by atoms with van der Waals surface area (Å²) in [5.41, 5.74) is 0.647. The Kier molecular flexibility index (Phi) is 4.20. The van der Waals surface area contributed by atoms with Gasteiger partial charge < -0.3 is 15.0 Å². The van der Waals surface area contributed by atoms with Gasteiger partial charge in [-0.05, 0) is 32.0 Å². The van der Waals surface area contributed by atoms with E-state index in [9.17, 15) is 4.79 Å². The highest BCUT2D eigenvalue weighted by Gasteiger charge is 2.22. The van der Waals surface area contributed by atoms with Gasteiger partial charge >= 0.3 is 0 Å². The number of para-hydroxylation sites is 1. The van der Waals surface area contributed by atoms with Crippen molar-refractivity contribution in [1.82, 2.24) is 10.2 Å². The molecule has 0 bridgehead atoms. The molecule has 98 valence electrons. The molecule has 1 N–H and O–H groups in total. The average molecular weight is 248 g/mol. The minimum Gasteiger partial charge on any atom is -0.496 e. The maximum absolute atomic E-state index is 12.5. The van der Waals surface area contributed by atoms with Crippen LogP contribution in [0.5, 0.6) is 5.75 Å². The van der Waals surface area contributed by atoms with E-state index in [-0.39, 0.29) is 5.91 Å². The third-order valence-electron chi connectivity index (χ3n) is 3.22. The van der Waals surface area contributed by atoms with Crippen molar-refractivity contribution in [2.45, 2.75) is 19.4 Å². The Morgan fingerprint density at radius 2 is 2.22 bits per heavy atom. The Morgan fingerprint density at radius 3 is 3.00 bits per heavy atom. The highest BCUT2D eigenvalue weighted by molar-refractivity contribution is 5.97. The van der Waals surface area contributed by atoms with Crippen LogP contribution in [0.2, 0.25) is 0 Å². The van der Waals surface area contributed by atoms with Gasteiger partial charge in [0.25, 0.3) is 5.91 Å². The second-order valence-electron chi connectivity index (χ2n) is 4.66. The van der Waals surface area contributed by atoms with Crippen molar-refractivity contribution in [3.05, 3.63) is 29.8 Å². The predicted molar refractivity (Wildman–Crippen MR) is 71.0 cm³/mol. The molecule has 4 nitrogen and oxygen atoms in total. The number of nitrogens with zero attached hydrogens (tertiary/aromatic N) is 1. The third-order valence-corrected chi connectivity index (χ3v) is 3.22. The number of rotatable bonds is 2. The second-order valence-corrected chi connectivity index (χ2v) is 4.66. The van der Waals surface area contributed by atoms with Crippen LogP contribution in [0.15, 0.2) is 24.3 Å². The van der Waals surface area contributed by atoms with Gasteiger partial charge in [0.2, 0.25) is 0 Å². The van der Waals surface area contributed by atoms with Crippen molar-refractivity contribution >= 4 is 5.91 Å². The van der Waals surface area contributed by atoms with Crippen LogP contribution in [0.3, 0.4) is 0 Å². The summed E-state index contributed by atoms with van der Waals surface area (Å²) in [6.45, 7) is 4.62. The summed E-state index contributed by atoms with van der Waals surface area (Å²) in [7, 11) is 1.60. The SMILES string of the molecule is COc1ccccc1C(=O)N1CCCNC(C)C1. The van der Waals surface area contributed by atoms with Crippen LogP contribution >= 0.6 is 0 Å². The molecular formula is C14H20N2O2. The number of benzene rings is 1. The van der Waals surface area contributed by atoms with E-state index in [0.29, 0.717) is 17.4 Å². The zero-order valence-electron chi connectivity index (χ0n) is 11.0. The monoisotopic (exact) mass is 248 g/mol. The van der Waals surface area contributed by atoms with Crippen LogP contribution in [0.1, 0.15) is 23.7 Å². The largest absolute Gasteiger partial charge is 0.496 e. The molecule has 1 aromatic rings. The van der Waals surface area contributed by atoms with Gasteiger partial charge in [0, 0.05) is 19.1 Å². The van der Waals surface area contributed by atoms with E-state index in [0.717, 1.165) is 26.1 Å². The molecule has 1 heterocycles. The van der Waals surface area contributed by atoms with E-state index in [4.69, 9.17) is 4.74 Å². The van der Waals surface area contributed by atoms with Crippen LogP contribution in [-0.2, 0) is 0 Å². The van der Waals surface area contributed by atoms with Gasteiger partial charge in [0.05, 0.1) is 12.7 Å². The quantitative estimate of drug-likeness (QED) is 0.862.